The first kappa shape index (κ1) is 14.9. The third kappa shape index (κ3) is 4.25. The monoisotopic (exact) mass is 295 g/mol. The lowest BCUT2D eigenvalue weighted by molar-refractivity contribution is 0.470. The fraction of sp³-hybridized carbons (Fsp3) is 0.429. The lowest BCUT2D eigenvalue weighted by Gasteiger charge is -2.04. The van der Waals surface area contributed by atoms with Gasteiger partial charge in [-0.25, -0.2) is 4.39 Å². The zero-order valence-corrected chi connectivity index (χ0v) is 12.6. The van der Waals surface area contributed by atoms with Gasteiger partial charge in [0, 0.05) is 6.54 Å². The van der Waals surface area contributed by atoms with Gasteiger partial charge in [0.2, 0.25) is 0 Å². The Bertz CT molecular complexity index is 571. The number of hydrogen-bond acceptors (Lipinski definition) is 5. The number of ether oxygens (including phenoxy) is 1. The minimum atomic E-state index is -0.242. The molecule has 4 nitrogen and oxygen atoms in total. The zero-order valence-electron chi connectivity index (χ0n) is 11.8. The quantitative estimate of drug-likeness (QED) is 0.885. The van der Waals surface area contributed by atoms with Crippen molar-refractivity contribution in [2.24, 2.45) is 5.92 Å². The molecule has 0 saturated carbocycles. The number of rotatable bonds is 6. The largest absolute Gasteiger partial charge is 0.430 e. The van der Waals surface area contributed by atoms with Crippen LogP contribution in [0.4, 0.5) is 4.39 Å². The third-order valence-electron chi connectivity index (χ3n) is 2.61. The highest BCUT2D eigenvalue weighted by molar-refractivity contribution is 7.13. The normalized spacial score (nSPS) is 11.1. The van der Waals surface area contributed by atoms with Crippen molar-refractivity contribution in [1.29, 1.82) is 0 Å². The van der Waals surface area contributed by atoms with Crippen LogP contribution < -0.4 is 10.1 Å². The predicted molar refractivity (Wildman–Crippen MR) is 77.7 cm³/mol. The highest BCUT2D eigenvalue weighted by atomic mass is 32.1. The molecule has 2 aromatic rings. The summed E-state index contributed by atoms with van der Waals surface area (Å²) in [6.45, 7) is 7.62. The highest BCUT2D eigenvalue weighted by Gasteiger charge is 2.07. The van der Waals surface area contributed by atoms with E-state index in [1.54, 1.807) is 19.1 Å². The van der Waals surface area contributed by atoms with E-state index >= 15 is 0 Å². The molecule has 0 fully saturated rings. The molecule has 0 aliphatic rings. The van der Waals surface area contributed by atoms with Crippen LogP contribution in [-0.4, -0.2) is 16.7 Å². The summed E-state index contributed by atoms with van der Waals surface area (Å²) in [4.78, 5) is 0. The molecule has 108 valence electrons. The Balaban J connectivity index is 1.93. The minimum absolute atomic E-state index is 0.242. The summed E-state index contributed by atoms with van der Waals surface area (Å²) >= 11 is 1.39. The Morgan fingerprint density at radius 2 is 2.15 bits per heavy atom. The summed E-state index contributed by atoms with van der Waals surface area (Å²) in [5, 5.41) is 12.7. The molecule has 1 N–H and O–H groups in total. The van der Waals surface area contributed by atoms with Crippen molar-refractivity contribution in [2.75, 3.05) is 6.54 Å². The number of benzene rings is 1. The number of halogens is 1. The Hall–Kier alpha value is -1.53. The van der Waals surface area contributed by atoms with Crippen molar-refractivity contribution >= 4 is 11.3 Å². The van der Waals surface area contributed by atoms with E-state index in [1.165, 1.54) is 17.4 Å². The maximum absolute atomic E-state index is 13.2. The van der Waals surface area contributed by atoms with E-state index < -0.39 is 0 Å². The van der Waals surface area contributed by atoms with Crippen LogP contribution in [0.5, 0.6) is 10.9 Å². The van der Waals surface area contributed by atoms with Gasteiger partial charge in [0.05, 0.1) is 0 Å². The first-order chi connectivity index (χ1) is 9.54. The minimum Gasteiger partial charge on any atom is -0.430 e. The topological polar surface area (TPSA) is 47.0 Å². The molecule has 0 atom stereocenters. The molecule has 20 heavy (non-hydrogen) atoms. The lowest BCUT2D eigenvalue weighted by atomic mass is 10.2. The number of aryl methyl sites for hydroxylation is 1. The molecule has 1 aromatic carbocycles. The van der Waals surface area contributed by atoms with E-state index in [1.807, 2.05) is 0 Å². The van der Waals surface area contributed by atoms with Gasteiger partial charge in [-0.1, -0.05) is 30.3 Å². The third-order valence-corrected chi connectivity index (χ3v) is 3.41. The van der Waals surface area contributed by atoms with Gasteiger partial charge in [-0.15, -0.1) is 5.10 Å². The molecule has 0 bridgehead atoms. The van der Waals surface area contributed by atoms with Gasteiger partial charge in [-0.05, 0) is 43.1 Å². The first-order valence-corrected chi connectivity index (χ1v) is 7.33. The number of nitrogens with zero attached hydrogens (tertiary/aromatic N) is 2. The molecule has 0 spiro atoms. The molecular weight excluding hydrogens is 277 g/mol. The van der Waals surface area contributed by atoms with E-state index in [-0.39, 0.29) is 5.82 Å². The number of hydrogen-bond donors (Lipinski definition) is 1. The molecule has 6 heteroatoms. The summed E-state index contributed by atoms with van der Waals surface area (Å²) in [6, 6.07) is 4.62. The summed E-state index contributed by atoms with van der Waals surface area (Å²) in [6.07, 6.45) is 0. The van der Waals surface area contributed by atoms with Crippen molar-refractivity contribution in [3.63, 3.8) is 0 Å². The number of aromatic nitrogens is 2. The Labute approximate surface area is 122 Å². The van der Waals surface area contributed by atoms with E-state index in [4.69, 9.17) is 4.74 Å². The van der Waals surface area contributed by atoms with Crippen LogP contribution in [-0.2, 0) is 6.54 Å². The highest BCUT2D eigenvalue weighted by Crippen LogP contribution is 2.26. The van der Waals surface area contributed by atoms with Gasteiger partial charge in [0.1, 0.15) is 16.6 Å². The second-order valence-corrected chi connectivity index (χ2v) is 6.02. The van der Waals surface area contributed by atoms with Gasteiger partial charge >= 0.3 is 0 Å². The van der Waals surface area contributed by atoms with Crippen LogP contribution in [0.15, 0.2) is 18.2 Å². The van der Waals surface area contributed by atoms with Crippen LogP contribution in [0.25, 0.3) is 0 Å². The molecular formula is C14H18FN3OS. The van der Waals surface area contributed by atoms with E-state index in [0.717, 1.165) is 11.6 Å². The summed E-state index contributed by atoms with van der Waals surface area (Å²) in [7, 11) is 0. The van der Waals surface area contributed by atoms with Crippen LogP contribution in [0.3, 0.4) is 0 Å². The van der Waals surface area contributed by atoms with Crippen molar-refractivity contribution in [1.82, 2.24) is 15.5 Å². The van der Waals surface area contributed by atoms with Crippen molar-refractivity contribution in [3.05, 3.63) is 34.6 Å². The van der Waals surface area contributed by atoms with Crippen LogP contribution in [0.1, 0.15) is 24.4 Å². The maximum atomic E-state index is 13.2. The fourth-order valence-electron chi connectivity index (χ4n) is 1.60. The average molecular weight is 295 g/mol. The molecule has 0 unspecified atom stereocenters. The lowest BCUT2D eigenvalue weighted by Crippen LogP contribution is -2.18. The van der Waals surface area contributed by atoms with E-state index in [0.29, 0.717) is 29.0 Å². The fourth-order valence-corrected chi connectivity index (χ4v) is 2.28. The SMILES string of the molecule is Cc1cc(Oc2nnc(CNCC(C)C)s2)ccc1F. The first-order valence-electron chi connectivity index (χ1n) is 6.51. The molecule has 1 aromatic heterocycles. The smallest absolute Gasteiger partial charge is 0.299 e. The molecule has 1 heterocycles. The Kier molecular flexibility index (Phi) is 5.03. The van der Waals surface area contributed by atoms with Crippen molar-refractivity contribution in [2.45, 2.75) is 27.3 Å². The Morgan fingerprint density at radius 1 is 1.35 bits per heavy atom. The molecule has 0 aliphatic carbocycles. The van der Waals surface area contributed by atoms with Gasteiger partial charge in [-0.3, -0.25) is 0 Å². The molecule has 0 amide bonds. The molecule has 0 aliphatic heterocycles. The van der Waals surface area contributed by atoms with Crippen LogP contribution >= 0.6 is 11.3 Å². The van der Waals surface area contributed by atoms with Gasteiger partial charge in [0.25, 0.3) is 5.19 Å². The van der Waals surface area contributed by atoms with Gasteiger partial charge in [-0.2, -0.15) is 0 Å². The van der Waals surface area contributed by atoms with Gasteiger partial charge in [0.15, 0.2) is 0 Å². The summed E-state index contributed by atoms with van der Waals surface area (Å²) in [5.41, 5.74) is 0.547. The number of nitrogens with one attached hydrogen (secondary N) is 1. The van der Waals surface area contributed by atoms with Crippen molar-refractivity contribution in [3.8, 4) is 10.9 Å². The standard InChI is InChI=1S/C14H18FN3OS/c1-9(2)7-16-8-13-17-18-14(20-13)19-11-4-5-12(15)10(3)6-11/h4-6,9,16H,7-8H2,1-3H3. The maximum Gasteiger partial charge on any atom is 0.299 e. The second kappa shape index (κ2) is 6.76. The zero-order chi connectivity index (χ0) is 14.5. The molecule has 0 radical (unpaired) electrons. The Morgan fingerprint density at radius 3 is 2.85 bits per heavy atom. The van der Waals surface area contributed by atoms with E-state index in [2.05, 4.69) is 29.4 Å². The summed E-state index contributed by atoms with van der Waals surface area (Å²) < 4.78 is 18.7. The predicted octanol–water partition coefficient (Wildman–Crippen LogP) is 3.52. The van der Waals surface area contributed by atoms with Crippen LogP contribution in [0.2, 0.25) is 0 Å². The average Bonchev–Trinajstić information content (AvgIpc) is 2.81. The van der Waals surface area contributed by atoms with Crippen molar-refractivity contribution < 1.29 is 9.13 Å². The molecule has 0 saturated heterocycles. The van der Waals surface area contributed by atoms with Gasteiger partial charge < -0.3 is 10.1 Å². The van der Waals surface area contributed by atoms with Crippen LogP contribution in [0, 0.1) is 18.7 Å². The van der Waals surface area contributed by atoms with E-state index in [9.17, 15) is 4.39 Å². The summed E-state index contributed by atoms with van der Waals surface area (Å²) in [5.74, 6) is 0.927. The second-order valence-electron chi connectivity index (χ2n) is 5.00. The molecule has 2 rings (SSSR count).